The molecule has 0 aromatic rings. The van der Waals surface area contributed by atoms with Gasteiger partial charge in [0.05, 0.1) is 21.0 Å². The van der Waals surface area contributed by atoms with Crippen molar-refractivity contribution in [3.05, 3.63) is 0 Å². The molecule has 2 heterocycles. The van der Waals surface area contributed by atoms with Crippen LogP contribution in [0, 0.1) is 0 Å². The van der Waals surface area contributed by atoms with E-state index in [2.05, 4.69) is 4.52 Å². The van der Waals surface area contributed by atoms with Crippen molar-refractivity contribution in [2.24, 2.45) is 0 Å². The van der Waals surface area contributed by atoms with E-state index in [0.717, 1.165) is 0 Å². The first-order valence-corrected chi connectivity index (χ1v) is 9.24. The minimum Gasteiger partial charge on any atom is -0.790 e. The predicted molar refractivity (Wildman–Crippen MR) is 75.1 cm³/mol. The van der Waals surface area contributed by atoms with Crippen LogP contribution in [0.25, 0.3) is 0 Å². The van der Waals surface area contributed by atoms with Gasteiger partial charge in [0.25, 0.3) is 0 Å². The number of hydrogen-bond acceptors (Lipinski definition) is 14. The third kappa shape index (κ3) is 8.61. The van der Waals surface area contributed by atoms with Gasteiger partial charge in [-0.25, -0.2) is 0 Å². The number of hydrogen-bond donors (Lipinski definition) is 7. The van der Waals surface area contributed by atoms with Crippen molar-refractivity contribution in [2.45, 2.75) is 61.4 Å². The summed E-state index contributed by atoms with van der Waals surface area (Å²) in [5.74, 6) is 0. The second-order valence-corrected chi connectivity index (χ2v) is 7.24. The molecule has 2 aliphatic rings. The first-order chi connectivity index (χ1) is 12.5. The smallest absolute Gasteiger partial charge is 0.790 e. The van der Waals surface area contributed by atoms with Gasteiger partial charge in [-0.2, -0.15) is 0 Å². The Kier molecular flexibility index (Phi) is 15.2. The van der Waals surface area contributed by atoms with Crippen LogP contribution in [0.1, 0.15) is 0 Å². The van der Waals surface area contributed by atoms with Gasteiger partial charge in [0.15, 0.2) is 12.6 Å². The van der Waals surface area contributed by atoms with Gasteiger partial charge in [0.2, 0.25) is 0 Å². The molecule has 7 N–H and O–H groups in total. The van der Waals surface area contributed by atoms with E-state index >= 15 is 0 Å². The molecular formula is C12H21K2O14P. The van der Waals surface area contributed by atoms with E-state index in [1.807, 2.05) is 0 Å². The average molecular weight is 498 g/mol. The molecule has 0 amide bonds. The molecule has 0 unspecified atom stereocenters. The summed E-state index contributed by atoms with van der Waals surface area (Å²) in [6.07, 6.45) is -17.5. The number of phosphoric ester groups is 1. The Morgan fingerprint density at radius 3 is 1.59 bits per heavy atom. The Morgan fingerprint density at radius 1 is 0.759 bits per heavy atom. The number of aliphatic hydroxyl groups excluding tert-OH is 7. The van der Waals surface area contributed by atoms with Crippen LogP contribution in [0.2, 0.25) is 0 Å². The molecule has 2 rings (SSSR count). The largest absolute Gasteiger partial charge is 1.00 e. The second kappa shape index (κ2) is 13.8. The zero-order valence-electron chi connectivity index (χ0n) is 15.6. The topological polar surface area (TPSA) is 242 Å². The molecule has 29 heavy (non-hydrogen) atoms. The zero-order chi connectivity index (χ0) is 20.5. The van der Waals surface area contributed by atoms with Crippen LogP contribution >= 0.6 is 7.82 Å². The third-order valence-electron chi connectivity index (χ3n) is 4.18. The Labute approximate surface area is 250 Å². The molecule has 17 heteroatoms. The third-order valence-corrected chi connectivity index (χ3v) is 4.65. The first-order valence-electron chi connectivity index (χ1n) is 7.78. The van der Waals surface area contributed by atoms with Crippen molar-refractivity contribution in [3.8, 4) is 0 Å². The summed E-state index contributed by atoms with van der Waals surface area (Å²) in [6, 6.07) is 0. The summed E-state index contributed by atoms with van der Waals surface area (Å²) in [5, 5.41) is 68.0. The van der Waals surface area contributed by atoms with Crippen molar-refractivity contribution in [2.75, 3.05) is 13.2 Å². The maximum absolute atomic E-state index is 10.5. The van der Waals surface area contributed by atoms with Crippen molar-refractivity contribution in [1.29, 1.82) is 0 Å². The molecule has 0 spiro atoms. The Hall–Kier alpha value is 2.98. The molecule has 10 atom stereocenters. The zero-order valence-corrected chi connectivity index (χ0v) is 22.8. The van der Waals surface area contributed by atoms with Crippen LogP contribution in [0.5, 0.6) is 0 Å². The summed E-state index contributed by atoms with van der Waals surface area (Å²) >= 11 is 0. The van der Waals surface area contributed by atoms with Gasteiger partial charge in [-0.05, 0) is 0 Å². The van der Waals surface area contributed by atoms with E-state index < -0.39 is 82.4 Å². The van der Waals surface area contributed by atoms with Crippen LogP contribution < -0.4 is 113 Å². The van der Waals surface area contributed by atoms with E-state index in [4.69, 9.17) is 19.3 Å². The van der Waals surface area contributed by atoms with Gasteiger partial charge in [-0.3, -0.25) is 0 Å². The monoisotopic (exact) mass is 498 g/mol. The van der Waals surface area contributed by atoms with Crippen LogP contribution in [-0.4, -0.2) is 110 Å². The van der Waals surface area contributed by atoms with Crippen LogP contribution in [0.3, 0.4) is 0 Å². The van der Waals surface area contributed by atoms with Gasteiger partial charge < -0.3 is 68.8 Å². The molecule has 160 valence electrons. The van der Waals surface area contributed by atoms with E-state index in [-0.39, 0.29) is 103 Å². The van der Waals surface area contributed by atoms with Gasteiger partial charge in [-0.1, -0.05) is 0 Å². The molecule has 0 aromatic heterocycles. The van der Waals surface area contributed by atoms with Crippen molar-refractivity contribution in [1.82, 2.24) is 0 Å². The Bertz CT molecular complexity index is 537. The van der Waals surface area contributed by atoms with Gasteiger partial charge >= 0.3 is 103 Å². The van der Waals surface area contributed by atoms with Gasteiger partial charge in [0, 0.05) is 0 Å². The number of aliphatic hydroxyl groups is 7. The minimum atomic E-state index is -5.42. The summed E-state index contributed by atoms with van der Waals surface area (Å²) in [7, 11) is -5.42. The van der Waals surface area contributed by atoms with Crippen molar-refractivity contribution >= 4 is 7.82 Å². The molecule has 14 nitrogen and oxygen atoms in total. The quantitative estimate of drug-likeness (QED) is 0.133. The normalized spacial score (nSPS) is 43.2. The van der Waals surface area contributed by atoms with Crippen LogP contribution in [0.4, 0.5) is 0 Å². The molecule has 2 aliphatic heterocycles. The SMILES string of the molecule is O=P([O-])([O-])OC[C@H]1O[C@H](O[C@@H]2O[C@H](CO)[C@@H](O)[C@H](O)[C@H]2O)[C@H](O)[C@@H](O)[C@@H]1O.[K+].[K+]. The minimum absolute atomic E-state index is 0. The fraction of sp³-hybridized carbons (Fsp3) is 1.00. The number of ether oxygens (including phenoxy) is 3. The van der Waals surface area contributed by atoms with Crippen LogP contribution in [0.15, 0.2) is 0 Å². The average Bonchev–Trinajstić information content (AvgIpc) is 2.60. The standard InChI is InChI=1S/C12H23O14P.2K/c13-1-3-5(14)7(16)9(18)11(24-3)26-12-10(19)8(17)6(15)4(25-12)2-23-27(20,21)22;;/h3-19H,1-2H2,(H2,20,21,22);;/q;2*+1/p-2/t3-,4-,5-,6-,7+,8+,9-,10-,11+,12-;;/m1../s1. The molecule has 0 bridgehead atoms. The van der Waals surface area contributed by atoms with Crippen LogP contribution in [-0.2, 0) is 23.3 Å². The molecule has 0 aliphatic carbocycles. The molecule has 0 radical (unpaired) electrons. The van der Waals surface area contributed by atoms with E-state index in [1.165, 1.54) is 0 Å². The number of phosphoric acid groups is 1. The van der Waals surface area contributed by atoms with Crippen molar-refractivity contribution in [3.63, 3.8) is 0 Å². The fourth-order valence-electron chi connectivity index (χ4n) is 2.64. The molecule has 0 saturated carbocycles. The fourth-order valence-corrected chi connectivity index (χ4v) is 2.97. The maximum Gasteiger partial charge on any atom is 1.00 e. The summed E-state index contributed by atoms with van der Waals surface area (Å²) in [4.78, 5) is 21.1. The van der Waals surface area contributed by atoms with Gasteiger partial charge in [0.1, 0.15) is 48.8 Å². The van der Waals surface area contributed by atoms with E-state index in [0.29, 0.717) is 0 Å². The second-order valence-electron chi connectivity index (χ2n) is 6.09. The summed E-state index contributed by atoms with van der Waals surface area (Å²) in [5.41, 5.74) is 0. The number of rotatable bonds is 6. The van der Waals surface area contributed by atoms with E-state index in [1.54, 1.807) is 0 Å². The van der Waals surface area contributed by atoms with Crippen molar-refractivity contribution < 1.29 is 172 Å². The van der Waals surface area contributed by atoms with E-state index in [9.17, 15) is 45.0 Å². The molecule has 0 aromatic carbocycles. The maximum atomic E-state index is 10.5. The summed E-state index contributed by atoms with van der Waals surface area (Å²) < 4.78 is 29.7. The van der Waals surface area contributed by atoms with Gasteiger partial charge in [-0.15, -0.1) is 0 Å². The molecular weight excluding hydrogens is 477 g/mol. The predicted octanol–water partition coefficient (Wildman–Crippen LogP) is -12.5. The summed E-state index contributed by atoms with van der Waals surface area (Å²) in [6.45, 7) is -1.75. The Balaban J connectivity index is 0.00000392. The Morgan fingerprint density at radius 2 is 1.17 bits per heavy atom. The molecule has 2 saturated heterocycles. The molecule has 2 fully saturated rings. The first kappa shape index (κ1) is 32.0.